The van der Waals surface area contributed by atoms with Gasteiger partial charge in [-0.15, -0.1) is 0 Å². The summed E-state index contributed by atoms with van der Waals surface area (Å²) >= 11 is 0. The zero-order chi connectivity index (χ0) is 24.8. The maximum atomic E-state index is 13.2. The molecule has 2 amide bonds. The van der Waals surface area contributed by atoms with Gasteiger partial charge in [0.15, 0.2) is 5.79 Å². The normalized spacial score (nSPS) is 35.4. The Labute approximate surface area is 195 Å². The second-order valence-corrected chi connectivity index (χ2v) is 9.37. The van der Waals surface area contributed by atoms with E-state index in [-0.39, 0.29) is 26.2 Å². The smallest absolute Gasteiger partial charge is 0.278 e. The minimum atomic E-state index is -2.23. The van der Waals surface area contributed by atoms with Crippen LogP contribution in [-0.4, -0.2) is 70.7 Å². The van der Waals surface area contributed by atoms with E-state index in [0.717, 1.165) is 0 Å². The average Bonchev–Trinajstić information content (AvgIpc) is 3.07. The van der Waals surface area contributed by atoms with Crippen LogP contribution in [-0.2, 0) is 23.8 Å². The molecular weight excluding hydrogens is 448 g/mol. The Kier molecular flexibility index (Phi) is 5.96. The Bertz CT molecular complexity index is 1030. The number of nitrogens with one attached hydrogen (secondary N) is 3. The van der Waals surface area contributed by atoms with Gasteiger partial charge >= 0.3 is 0 Å². The van der Waals surface area contributed by atoms with Crippen molar-refractivity contribution in [3.63, 3.8) is 0 Å². The van der Waals surface area contributed by atoms with E-state index < -0.39 is 46.7 Å². The van der Waals surface area contributed by atoms with Gasteiger partial charge in [-0.2, -0.15) is 0 Å². The standard InChI is InChI=1S/C21H28N6O7/c1-18(2)33-11-19(3,34-18)15(28)21-17(30)24-20(31,16(29)25-21)12(8-9-32-21)10-23-13-4-6-14(7-5-13)26-27-22/h4-7,12,15,23,28,31H,8-11H2,1-3H3,(H,24,30)(H,25,29)/t12?,15-,19-,20+,21-/m0/s1. The second kappa shape index (κ2) is 8.38. The predicted molar refractivity (Wildman–Crippen MR) is 117 cm³/mol. The molecular formula is C21H28N6O7. The summed E-state index contributed by atoms with van der Waals surface area (Å²) in [6.07, 6.45) is -1.43. The van der Waals surface area contributed by atoms with Crippen molar-refractivity contribution < 1.29 is 34.0 Å². The maximum Gasteiger partial charge on any atom is 0.278 e. The first-order valence-corrected chi connectivity index (χ1v) is 10.9. The van der Waals surface area contributed by atoms with Crippen molar-refractivity contribution in [3.8, 4) is 0 Å². The van der Waals surface area contributed by atoms with E-state index in [1.807, 2.05) is 0 Å². The zero-order valence-corrected chi connectivity index (χ0v) is 19.1. The Balaban J connectivity index is 1.52. The fraction of sp³-hybridized carbons (Fsp3) is 0.619. The number of fused-ring (bicyclic) bond motifs is 5. The van der Waals surface area contributed by atoms with E-state index in [1.165, 1.54) is 0 Å². The number of amides is 2. The maximum absolute atomic E-state index is 13.2. The van der Waals surface area contributed by atoms with Crippen LogP contribution < -0.4 is 16.0 Å². The molecule has 0 radical (unpaired) electrons. The summed E-state index contributed by atoms with van der Waals surface area (Å²) in [5, 5.41) is 33.8. The van der Waals surface area contributed by atoms with E-state index in [2.05, 4.69) is 26.0 Å². The lowest BCUT2D eigenvalue weighted by atomic mass is 9.82. The monoisotopic (exact) mass is 476 g/mol. The van der Waals surface area contributed by atoms with Gasteiger partial charge in [-0.3, -0.25) is 9.59 Å². The Morgan fingerprint density at radius 2 is 1.91 bits per heavy atom. The third-order valence-electron chi connectivity index (χ3n) is 6.40. The molecule has 5 N–H and O–H groups in total. The SMILES string of the molecule is CC1(C)OC[C@@](C)([C@H](O)[C@@]23NC(=O)[C@@](O)(NC2=O)C(CNc2ccc(N=[N+]=[N-])cc2)CCO3)O1. The largest absolute Gasteiger partial charge is 0.385 e. The highest BCUT2D eigenvalue weighted by Gasteiger charge is 2.66. The molecule has 2 bridgehead atoms. The summed E-state index contributed by atoms with van der Waals surface area (Å²) < 4.78 is 17.2. The number of nitrogens with zero attached hydrogens (tertiary/aromatic N) is 3. The lowest BCUT2D eigenvalue weighted by molar-refractivity contribution is -0.247. The predicted octanol–water partition coefficient (Wildman–Crippen LogP) is 0.610. The average molecular weight is 476 g/mol. The molecule has 13 heteroatoms. The first kappa shape index (κ1) is 24.2. The van der Waals surface area contributed by atoms with Crippen molar-refractivity contribution in [1.29, 1.82) is 0 Å². The molecule has 4 fully saturated rings. The van der Waals surface area contributed by atoms with Gasteiger partial charge in [-0.25, -0.2) is 0 Å². The number of benzene rings is 1. The third-order valence-corrected chi connectivity index (χ3v) is 6.40. The second-order valence-electron chi connectivity index (χ2n) is 9.37. The molecule has 4 saturated heterocycles. The molecule has 5 atom stereocenters. The van der Waals surface area contributed by atoms with E-state index >= 15 is 0 Å². The highest BCUT2D eigenvalue weighted by molar-refractivity contribution is 6.01. The van der Waals surface area contributed by atoms with Gasteiger partial charge in [0.2, 0.25) is 5.72 Å². The van der Waals surface area contributed by atoms with Crippen molar-refractivity contribution in [3.05, 3.63) is 34.7 Å². The van der Waals surface area contributed by atoms with Crippen molar-refractivity contribution >= 4 is 23.2 Å². The van der Waals surface area contributed by atoms with Crippen molar-refractivity contribution in [2.24, 2.45) is 11.0 Å². The molecule has 1 unspecified atom stereocenters. The van der Waals surface area contributed by atoms with Gasteiger partial charge in [-0.05, 0) is 44.9 Å². The number of ether oxygens (including phenoxy) is 3. The number of hydrogen-bond acceptors (Lipinski definition) is 9. The molecule has 0 aromatic heterocycles. The number of aliphatic hydroxyl groups is 2. The van der Waals surface area contributed by atoms with Crippen LogP contribution in [0.15, 0.2) is 29.4 Å². The molecule has 184 valence electrons. The third kappa shape index (κ3) is 4.06. The highest BCUT2D eigenvalue weighted by atomic mass is 16.8. The summed E-state index contributed by atoms with van der Waals surface area (Å²) in [5.41, 5.74) is 3.86. The lowest BCUT2D eigenvalue weighted by Gasteiger charge is -2.51. The minimum absolute atomic E-state index is 0.0322. The molecule has 13 nitrogen and oxygen atoms in total. The number of azide groups is 1. The van der Waals surface area contributed by atoms with Crippen LogP contribution in [0.1, 0.15) is 27.2 Å². The van der Waals surface area contributed by atoms with Crippen LogP contribution >= 0.6 is 0 Å². The number of carbonyl (C=O) groups excluding carboxylic acids is 2. The molecule has 34 heavy (non-hydrogen) atoms. The van der Waals surface area contributed by atoms with E-state index in [1.54, 1.807) is 45.0 Å². The Hall–Kier alpha value is -2.93. The number of hydrogen-bond donors (Lipinski definition) is 5. The molecule has 0 aliphatic carbocycles. The molecule has 1 aromatic carbocycles. The quantitative estimate of drug-likeness (QED) is 0.224. The van der Waals surface area contributed by atoms with Crippen LogP contribution in [0.5, 0.6) is 0 Å². The van der Waals surface area contributed by atoms with Crippen LogP contribution in [0.3, 0.4) is 0 Å². The number of aliphatic hydroxyl groups excluding tert-OH is 1. The van der Waals surface area contributed by atoms with Gasteiger partial charge < -0.3 is 40.4 Å². The highest BCUT2D eigenvalue weighted by Crippen LogP contribution is 2.40. The molecule has 4 heterocycles. The van der Waals surface area contributed by atoms with Crippen LogP contribution in [0, 0.1) is 5.92 Å². The fourth-order valence-electron chi connectivity index (χ4n) is 4.57. The van der Waals surface area contributed by atoms with Crippen molar-refractivity contribution in [2.45, 2.75) is 56.1 Å². The summed E-state index contributed by atoms with van der Waals surface area (Å²) in [4.78, 5) is 29.0. The number of piperazine rings is 1. The molecule has 1 aromatic rings. The molecule has 4 aliphatic rings. The van der Waals surface area contributed by atoms with Crippen molar-refractivity contribution in [2.75, 3.05) is 25.1 Å². The Morgan fingerprint density at radius 3 is 2.53 bits per heavy atom. The lowest BCUT2D eigenvalue weighted by Crippen LogP contribution is -2.84. The first-order chi connectivity index (χ1) is 15.9. The molecule has 0 spiro atoms. The van der Waals surface area contributed by atoms with Crippen LogP contribution in [0.2, 0.25) is 0 Å². The molecule has 0 saturated carbocycles. The summed E-state index contributed by atoms with van der Waals surface area (Å²) in [5.74, 6) is -3.55. The molecule has 4 aliphatic heterocycles. The zero-order valence-electron chi connectivity index (χ0n) is 19.1. The van der Waals surface area contributed by atoms with Crippen molar-refractivity contribution in [1.82, 2.24) is 10.6 Å². The van der Waals surface area contributed by atoms with E-state index in [0.29, 0.717) is 11.4 Å². The van der Waals surface area contributed by atoms with Gasteiger partial charge in [0.1, 0.15) is 11.7 Å². The molecule has 5 rings (SSSR count). The number of anilines is 1. The van der Waals surface area contributed by atoms with E-state index in [4.69, 9.17) is 19.7 Å². The van der Waals surface area contributed by atoms with Gasteiger partial charge in [0, 0.05) is 28.7 Å². The van der Waals surface area contributed by atoms with Gasteiger partial charge in [0.25, 0.3) is 17.5 Å². The number of carbonyl (C=O) groups is 2. The minimum Gasteiger partial charge on any atom is -0.385 e. The van der Waals surface area contributed by atoms with Crippen LogP contribution in [0.4, 0.5) is 11.4 Å². The summed E-state index contributed by atoms with van der Waals surface area (Å²) in [7, 11) is 0. The summed E-state index contributed by atoms with van der Waals surface area (Å²) in [6, 6.07) is 6.58. The summed E-state index contributed by atoms with van der Waals surface area (Å²) in [6.45, 7) is 4.94. The van der Waals surface area contributed by atoms with Gasteiger partial charge in [-0.1, -0.05) is 17.2 Å². The first-order valence-electron chi connectivity index (χ1n) is 10.9. The topological polar surface area (TPSA) is 187 Å². The fourth-order valence-corrected chi connectivity index (χ4v) is 4.57. The van der Waals surface area contributed by atoms with Gasteiger partial charge in [0.05, 0.1) is 13.2 Å². The van der Waals surface area contributed by atoms with E-state index in [9.17, 15) is 19.8 Å². The Morgan fingerprint density at radius 1 is 1.21 bits per heavy atom. The number of rotatable bonds is 6. The van der Waals surface area contributed by atoms with Crippen LogP contribution in [0.25, 0.3) is 10.4 Å².